The van der Waals surface area contributed by atoms with Crippen LogP contribution < -0.4 is 5.32 Å². The second kappa shape index (κ2) is 8.17. The molecule has 0 atom stereocenters. The maximum atomic E-state index is 12.8. The van der Waals surface area contributed by atoms with Gasteiger partial charge >= 0.3 is 5.76 Å². The number of anilines is 2. The van der Waals surface area contributed by atoms with Gasteiger partial charge in [-0.2, -0.15) is 18.1 Å². The fourth-order valence-corrected chi connectivity index (χ4v) is 5.59. The molecule has 0 unspecified atom stereocenters. The van der Waals surface area contributed by atoms with Crippen molar-refractivity contribution in [3.63, 3.8) is 0 Å². The lowest BCUT2D eigenvalue weighted by Crippen LogP contribution is -2.35. The summed E-state index contributed by atoms with van der Waals surface area (Å²) >= 11 is 0. The normalized spacial score (nSPS) is 16.1. The first-order valence-corrected chi connectivity index (χ1v) is 12.5. The Bertz CT molecular complexity index is 1300. The Kier molecular flexibility index (Phi) is 5.71. The van der Waals surface area contributed by atoms with Crippen LogP contribution in [0.2, 0.25) is 0 Å². The zero-order chi connectivity index (χ0) is 22.2. The number of halogens is 2. The van der Waals surface area contributed by atoms with Gasteiger partial charge < -0.3 is 9.73 Å². The van der Waals surface area contributed by atoms with Gasteiger partial charge in [0.25, 0.3) is 6.01 Å². The third-order valence-corrected chi connectivity index (χ3v) is 8.27. The largest absolute Gasteiger partial charge is 0.423 e. The summed E-state index contributed by atoms with van der Waals surface area (Å²) in [6, 6.07) is 9.17. The fraction of sp³-hybridized carbons (Fsp3) is 0.316. The second-order valence-corrected chi connectivity index (χ2v) is 10.9. The van der Waals surface area contributed by atoms with Crippen molar-refractivity contribution >= 4 is 42.7 Å². The summed E-state index contributed by atoms with van der Waals surface area (Å²) in [5, 5.41) is 2.80. The highest BCUT2D eigenvalue weighted by atomic mass is 32.2. The number of nitrogens with one attached hydrogen (secondary N) is 1. The molecule has 3 aromatic rings. The molecule has 1 aromatic heterocycles. The molecule has 0 aliphatic carbocycles. The molecule has 2 aromatic carbocycles. The van der Waals surface area contributed by atoms with Crippen LogP contribution in [0.1, 0.15) is 19.3 Å². The first-order chi connectivity index (χ1) is 14.7. The number of piperidine rings is 1. The number of fused-ring (bicyclic) bond motifs is 1. The van der Waals surface area contributed by atoms with Crippen LogP contribution in [0.5, 0.6) is 0 Å². The van der Waals surface area contributed by atoms with E-state index in [2.05, 4.69) is 10.3 Å². The highest BCUT2D eigenvalue weighted by Gasteiger charge is 2.27. The number of sulfonamides is 1. The van der Waals surface area contributed by atoms with E-state index in [0.717, 1.165) is 31.4 Å². The number of alkyl halides is 2. The van der Waals surface area contributed by atoms with Crippen molar-refractivity contribution in [3.05, 3.63) is 42.5 Å². The third-order valence-electron chi connectivity index (χ3n) is 4.98. The summed E-state index contributed by atoms with van der Waals surface area (Å²) in [6.07, 6.45) is 2.67. The van der Waals surface area contributed by atoms with Gasteiger partial charge in [0, 0.05) is 18.8 Å². The molecule has 0 saturated carbocycles. The first-order valence-electron chi connectivity index (χ1n) is 9.48. The Balaban J connectivity index is 1.56. The molecule has 31 heavy (non-hydrogen) atoms. The fourth-order valence-electron chi connectivity index (χ4n) is 3.33. The van der Waals surface area contributed by atoms with E-state index in [1.807, 2.05) is 0 Å². The zero-order valence-corrected chi connectivity index (χ0v) is 17.8. The number of benzene rings is 2. The van der Waals surface area contributed by atoms with Gasteiger partial charge in [-0.05, 0) is 55.3 Å². The average molecular weight is 472 g/mol. The maximum Gasteiger partial charge on any atom is 0.341 e. The van der Waals surface area contributed by atoms with Gasteiger partial charge in [0.2, 0.25) is 19.9 Å². The van der Waals surface area contributed by atoms with Crippen LogP contribution in [-0.2, 0) is 19.9 Å². The predicted molar refractivity (Wildman–Crippen MR) is 110 cm³/mol. The van der Waals surface area contributed by atoms with Crippen molar-refractivity contribution in [1.29, 1.82) is 0 Å². The van der Waals surface area contributed by atoms with E-state index in [4.69, 9.17) is 4.42 Å². The summed E-state index contributed by atoms with van der Waals surface area (Å²) in [6.45, 7) is 0.979. The van der Waals surface area contributed by atoms with Gasteiger partial charge in [-0.1, -0.05) is 6.42 Å². The van der Waals surface area contributed by atoms with Crippen molar-refractivity contribution in [2.24, 2.45) is 0 Å². The van der Waals surface area contributed by atoms with E-state index in [-0.39, 0.29) is 10.9 Å². The van der Waals surface area contributed by atoms with Gasteiger partial charge in [0.15, 0.2) is 5.58 Å². The van der Waals surface area contributed by atoms with E-state index in [0.29, 0.717) is 29.9 Å². The Morgan fingerprint density at radius 1 is 0.935 bits per heavy atom. The summed E-state index contributed by atoms with van der Waals surface area (Å²) in [7, 11) is -8.29. The molecule has 12 heteroatoms. The van der Waals surface area contributed by atoms with Crippen LogP contribution in [0.3, 0.4) is 0 Å². The number of aromatic nitrogens is 1. The quantitative estimate of drug-likeness (QED) is 0.583. The molecule has 1 N–H and O–H groups in total. The molecule has 0 radical (unpaired) electrons. The molecule has 8 nitrogen and oxygen atoms in total. The maximum absolute atomic E-state index is 12.8. The monoisotopic (exact) mass is 471 g/mol. The first kappa shape index (κ1) is 21.7. The molecule has 1 aliphatic rings. The predicted octanol–water partition coefficient (Wildman–Crippen LogP) is 3.74. The van der Waals surface area contributed by atoms with E-state index in [9.17, 15) is 25.6 Å². The van der Waals surface area contributed by atoms with Crippen molar-refractivity contribution in [2.75, 3.05) is 18.4 Å². The van der Waals surface area contributed by atoms with E-state index in [1.54, 1.807) is 0 Å². The van der Waals surface area contributed by atoms with Gasteiger partial charge in [-0.3, -0.25) is 0 Å². The molecule has 1 aliphatic heterocycles. The van der Waals surface area contributed by atoms with Crippen LogP contribution >= 0.6 is 0 Å². The number of rotatable bonds is 6. The summed E-state index contributed by atoms with van der Waals surface area (Å²) in [5.74, 6) is -3.50. The Morgan fingerprint density at radius 3 is 2.23 bits per heavy atom. The molecule has 1 saturated heterocycles. The van der Waals surface area contributed by atoms with Crippen molar-refractivity contribution in [2.45, 2.75) is 34.8 Å². The SMILES string of the molecule is O=S(=O)(c1ccc(Nc2nc3cc(S(=O)(=O)N4CCCCC4)ccc3o2)cc1)C(F)F. The van der Waals surface area contributed by atoms with Crippen molar-refractivity contribution < 1.29 is 30.0 Å². The molecular weight excluding hydrogens is 452 g/mol. The number of hydrogen-bond donors (Lipinski definition) is 1. The number of sulfone groups is 1. The van der Waals surface area contributed by atoms with Crippen molar-refractivity contribution in [3.8, 4) is 0 Å². The standard InChI is InChI=1S/C19H19F2N3O5S2/c20-18(21)30(25,26)14-6-4-13(5-7-14)22-19-23-16-12-15(8-9-17(16)29-19)31(27,28)24-10-2-1-3-11-24/h4-9,12,18H,1-3,10-11H2,(H,22,23). The zero-order valence-electron chi connectivity index (χ0n) is 16.2. The topological polar surface area (TPSA) is 110 Å². The van der Waals surface area contributed by atoms with Crippen molar-refractivity contribution in [1.82, 2.24) is 9.29 Å². The van der Waals surface area contributed by atoms with E-state index < -0.39 is 30.5 Å². The second-order valence-electron chi connectivity index (χ2n) is 7.07. The number of oxazole rings is 1. The molecule has 1 fully saturated rings. The smallest absolute Gasteiger partial charge is 0.341 e. The molecule has 0 bridgehead atoms. The Hall–Kier alpha value is -2.57. The van der Waals surface area contributed by atoms with Gasteiger partial charge in [0.1, 0.15) is 5.52 Å². The minimum Gasteiger partial charge on any atom is -0.423 e. The summed E-state index contributed by atoms with van der Waals surface area (Å²) < 4.78 is 80.9. The van der Waals surface area contributed by atoms with E-state index in [1.165, 1.54) is 34.6 Å². The molecule has 0 amide bonds. The lowest BCUT2D eigenvalue weighted by atomic mass is 10.2. The summed E-state index contributed by atoms with van der Waals surface area (Å²) in [4.78, 5) is 3.85. The Labute approximate surface area is 177 Å². The summed E-state index contributed by atoms with van der Waals surface area (Å²) in [5.41, 5.74) is 1.05. The molecule has 0 spiro atoms. The Morgan fingerprint density at radius 2 is 1.58 bits per heavy atom. The lowest BCUT2D eigenvalue weighted by Gasteiger charge is -2.25. The van der Waals surface area contributed by atoms with Crippen LogP contribution in [0.15, 0.2) is 56.7 Å². The minimum absolute atomic E-state index is 0.0481. The van der Waals surface area contributed by atoms with Crippen LogP contribution in [0.4, 0.5) is 20.5 Å². The molecule has 166 valence electrons. The number of nitrogens with zero attached hydrogens (tertiary/aromatic N) is 2. The number of hydrogen-bond acceptors (Lipinski definition) is 7. The highest BCUT2D eigenvalue weighted by Crippen LogP contribution is 2.28. The van der Waals surface area contributed by atoms with Crippen LogP contribution in [0.25, 0.3) is 11.1 Å². The van der Waals surface area contributed by atoms with Crippen LogP contribution in [-0.4, -0.2) is 45.0 Å². The average Bonchev–Trinajstić information content (AvgIpc) is 3.16. The van der Waals surface area contributed by atoms with E-state index >= 15 is 0 Å². The minimum atomic E-state index is -4.68. The molecular formula is C19H19F2N3O5S2. The third kappa shape index (κ3) is 4.27. The van der Waals surface area contributed by atoms with Gasteiger partial charge in [-0.25, -0.2) is 16.8 Å². The molecule has 2 heterocycles. The van der Waals surface area contributed by atoms with Gasteiger partial charge in [0.05, 0.1) is 9.79 Å². The van der Waals surface area contributed by atoms with Gasteiger partial charge in [-0.15, -0.1) is 0 Å². The lowest BCUT2D eigenvalue weighted by molar-refractivity contribution is 0.234. The molecule has 4 rings (SSSR count). The van der Waals surface area contributed by atoms with Crippen LogP contribution in [0, 0.1) is 0 Å². The highest BCUT2D eigenvalue weighted by molar-refractivity contribution is 7.91.